The van der Waals surface area contributed by atoms with E-state index in [2.05, 4.69) is 24.8 Å². The van der Waals surface area contributed by atoms with Gasteiger partial charge in [0.2, 0.25) is 0 Å². The van der Waals surface area contributed by atoms with Crippen molar-refractivity contribution in [3.05, 3.63) is 35.6 Å². The Balaban J connectivity index is 2.31. The van der Waals surface area contributed by atoms with Crippen LogP contribution in [0.2, 0.25) is 0 Å². The van der Waals surface area contributed by atoms with Crippen molar-refractivity contribution in [2.45, 2.75) is 33.0 Å². The maximum atomic E-state index is 5.85. The molecule has 1 heterocycles. The van der Waals surface area contributed by atoms with E-state index in [-0.39, 0.29) is 0 Å². The van der Waals surface area contributed by atoms with Crippen molar-refractivity contribution in [3.63, 3.8) is 0 Å². The summed E-state index contributed by atoms with van der Waals surface area (Å²) < 4.78 is 11.1. The second-order valence-electron chi connectivity index (χ2n) is 5.07. The van der Waals surface area contributed by atoms with Crippen molar-refractivity contribution < 1.29 is 9.15 Å². The predicted octanol–water partition coefficient (Wildman–Crippen LogP) is 2.75. The van der Waals surface area contributed by atoms with Crippen molar-refractivity contribution in [2.75, 3.05) is 20.3 Å². The molecule has 4 heteroatoms. The Morgan fingerprint density at radius 1 is 1.35 bits per heavy atom. The van der Waals surface area contributed by atoms with Gasteiger partial charge >= 0.3 is 0 Å². The minimum absolute atomic E-state index is 0.365. The molecule has 2 aromatic rings. The van der Waals surface area contributed by atoms with Crippen molar-refractivity contribution in [3.8, 4) is 0 Å². The van der Waals surface area contributed by atoms with Crippen LogP contribution in [-0.4, -0.2) is 31.2 Å². The molecule has 0 spiro atoms. The molecule has 0 fully saturated rings. The van der Waals surface area contributed by atoms with Gasteiger partial charge < -0.3 is 14.9 Å². The summed E-state index contributed by atoms with van der Waals surface area (Å²) >= 11 is 0. The van der Waals surface area contributed by atoms with Crippen LogP contribution in [-0.2, 0) is 17.8 Å². The fourth-order valence-electron chi connectivity index (χ4n) is 2.62. The SMILES string of the molecule is CCN(Cc1c(CN)oc2ccccc12)C(C)COC. The van der Waals surface area contributed by atoms with E-state index < -0.39 is 0 Å². The molecule has 0 bridgehead atoms. The van der Waals surface area contributed by atoms with E-state index in [1.54, 1.807) is 7.11 Å². The highest BCUT2D eigenvalue weighted by molar-refractivity contribution is 5.82. The summed E-state index contributed by atoms with van der Waals surface area (Å²) in [5.74, 6) is 0.884. The van der Waals surface area contributed by atoms with Crippen LogP contribution >= 0.6 is 0 Å². The highest BCUT2D eigenvalue weighted by Gasteiger charge is 2.18. The Bertz CT molecular complexity index is 550. The number of ether oxygens (including phenoxy) is 1. The molecule has 0 radical (unpaired) electrons. The maximum Gasteiger partial charge on any atom is 0.134 e. The number of hydrogen-bond acceptors (Lipinski definition) is 4. The average Bonchev–Trinajstić information content (AvgIpc) is 2.82. The third kappa shape index (κ3) is 3.03. The van der Waals surface area contributed by atoms with Crippen LogP contribution in [0.1, 0.15) is 25.2 Å². The highest BCUT2D eigenvalue weighted by atomic mass is 16.5. The maximum absolute atomic E-state index is 5.85. The lowest BCUT2D eigenvalue weighted by Crippen LogP contribution is -2.35. The number of fused-ring (bicyclic) bond motifs is 1. The van der Waals surface area contributed by atoms with Gasteiger partial charge in [-0.2, -0.15) is 0 Å². The van der Waals surface area contributed by atoms with Crippen LogP contribution in [0.4, 0.5) is 0 Å². The zero-order valence-electron chi connectivity index (χ0n) is 12.6. The first kappa shape index (κ1) is 15.0. The van der Waals surface area contributed by atoms with Gasteiger partial charge in [0.25, 0.3) is 0 Å². The van der Waals surface area contributed by atoms with E-state index in [1.165, 1.54) is 5.56 Å². The lowest BCUT2D eigenvalue weighted by Gasteiger charge is -2.27. The van der Waals surface area contributed by atoms with Crippen LogP contribution in [0.15, 0.2) is 28.7 Å². The Morgan fingerprint density at radius 3 is 2.75 bits per heavy atom. The number of likely N-dealkylation sites (N-methyl/N-ethyl adjacent to an activating group) is 1. The van der Waals surface area contributed by atoms with Gasteiger partial charge in [0.05, 0.1) is 13.2 Å². The van der Waals surface area contributed by atoms with E-state index >= 15 is 0 Å². The normalized spacial score (nSPS) is 13.2. The quantitative estimate of drug-likeness (QED) is 0.845. The van der Waals surface area contributed by atoms with Crippen molar-refractivity contribution in [1.82, 2.24) is 4.90 Å². The molecule has 2 rings (SSSR count). The molecule has 1 aromatic carbocycles. The van der Waals surface area contributed by atoms with E-state index in [4.69, 9.17) is 14.9 Å². The third-order valence-corrected chi connectivity index (χ3v) is 3.77. The van der Waals surface area contributed by atoms with Crippen molar-refractivity contribution in [1.29, 1.82) is 0 Å². The van der Waals surface area contributed by atoms with Gasteiger partial charge in [-0.15, -0.1) is 0 Å². The highest BCUT2D eigenvalue weighted by Crippen LogP contribution is 2.27. The van der Waals surface area contributed by atoms with Crippen molar-refractivity contribution in [2.24, 2.45) is 5.73 Å². The van der Waals surface area contributed by atoms with Gasteiger partial charge in [-0.3, -0.25) is 4.90 Å². The van der Waals surface area contributed by atoms with Crippen LogP contribution in [0.25, 0.3) is 11.0 Å². The van der Waals surface area contributed by atoms with Gasteiger partial charge in [0.15, 0.2) is 0 Å². The molecule has 0 aliphatic carbocycles. The number of furan rings is 1. The molecule has 110 valence electrons. The zero-order valence-corrected chi connectivity index (χ0v) is 12.6. The summed E-state index contributed by atoms with van der Waals surface area (Å²) in [4.78, 5) is 2.37. The summed E-state index contributed by atoms with van der Waals surface area (Å²) in [7, 11) is 1.74. The summed E-state index contributed by atoms with van der Waals surface area (Å²) in [6.45, 7) is 7.30. The number of hydrogen-bond donors (Lipinski definition) is 1. The number of rotatable bonds is 7. The molecular weight excluding hydrogens is 252 g/mol. The molecule has 1 unspecified atom stereocenters. The van der Waals surface area contributed by atoms with E-state index in [0.29, 0.717) is 12.6 Å². The fraction of sp³-hybridized carbons (Fsp3) is 0.500. The first-order chi connectivity index (χ1) is 9.71. The minimum Gasteiger partial charge on any atom is -0.459 e. The topological polar surface area (TPSA) is 51.6 Å². The number of nitrogens with zero attached hydrogens (tertiary/aromatic N) is 1. The minimum atomic E-state index is 0.365. The Labute approximate surface area is 120 Å². The van der Waals surface area contributed by atoms with E-state index in [9.17, 15) is 0 Å². The Kier molecular flexibility index (Phi) is 5.17. The number of methoxy groups -OCH3 is 1. The van der Waals surface area contributed by atoms with Gasteiger partial charge in [0, 0.05) is 30.6 Å². The second kappa shape index (κ2) is 6.88. The molecule has 0 amide bonds. The first-order valence-corrected chi connectivity index (χ1v) is 7.13. The summed E-state index contributed by atoms with van der Waals surface area (Å²) in [5, 5.41) is 1.16. The fourth-order valence-corrected chi connectivity index (χ4v) is 2.62. The monoisotopic (exact) mass is 276 g/mol. The average molecular weight is 276 g/mol. The Morgan fingerprint density at radius 2 is 2.10 bits per heavy atom. The van der Waals surface area contributed by atoms with Gasteiger partial charge in [0.1, 0.15) is 11.3 Å². The van der Waals surface area contributed by atoms with Crippen LogP contribution in [0.3, 0.4) is 0 Å². The molecule has 0 aliphatic rings. The molecule has 1 aromatic heterocycles. The molecular formula is C16H24N2O2. The molecule has 2 N–H and O–H groups in total. The van der Waals surface area contributed by atoms with Gasteiger partial charge in [-0.05, 0) is 19.5 Å². The lowest BCUT2D eigenvalue weighted by atomic mass is 10.1. The van der Waals surface area contributed by atoms with E-state index in [0.717, 1.165) is 36.4 Å². The third-order valence-electron chi connectivity index (χ3n) is 3.77. The van der Waals surface area contributed by atoms with Crippen LogP contribution < -0.4 is 5.73 Å². The second-order valence-corrected chi connectivity index (χ2v) is 5.07. The van der Waals surface area contributed by atoms with Gasteiger partial charge in [-0.1, -0.05) is 25.1 Å². The summed E-state index contributed by atoms with van der Waals surface area (Å²) in [6.07, 6.45) is 0. The summed E-state index contributed by atoms with van der Waals surface area (Å²) in [6, 6.07) is 8.48. The molecule has 0 saturated heterocycles. The lowest BCUT2D eigenvalue weighted by molar-refractivity contribution is 0.0980. The molecule has 0 aliphatic heterocycles. The molecule has 20 heavy (non-hydrogen) atoms. The smallest absolute Gasteiger partial charge is 0.134 e. The van der Waals surface area contributed by atoms with Gasteiger partial charge in [-0.25, -0.2) is 0 Å². The first-order valence-electron chi connectivity index (χ1n) is 7.13. The van der Waals surface area contributed by atoms with Crippen LogP contribution in [0.5, 0.6) is 0 Å². The number of nitrogens with two attached hydrogens (primary N) is 1. The number of para-hydroxylation sites is 1. The predicted molar refractivity (Wildman–Crippen MR) is 81.5 cm³/mol. The molecule has 0 saturated carbocycles. The number of benzene rings is 1. The molecule has 1 atom stereocenters. The van der Waals surface area contributed by atoms with E-state index in [1.807, 2.05) is 18.2 Å². The summed E-state index contributed by atoms with van der Waals surface area (Å²) in [5.41, 5.74) is 7.95. The standard InChI is InChI=1S/C16H24N2O2/c1-4-18(12(2)11-19-3)10-14-13-7-5-6-8-15(13)20-16(14)9-17/h5-8,12H,4,9-11,17H2,1-3H3. The largest absolute Gasteiger partial charge is 0.459 e. The zero-order chi connectivity index (χ0) is 14.5. The van der Waals surface area contributed by atoms with Crippen LogP contribution in [0, 0.1) is 0 Å². The molecule has 4 nitrogen and oxygen atoms in total. The Hall–Kier alpha value is -1.36. The van der Waals surface area contributed by atoms with Crippen molar-refractivity contribution >= 4 is 11.0 Å².